The van der Waals surface area contributed by atoms with Gasteiger partial charge in [0.1, 0.15) is 0 Å². The molecule has 22 heavy (non-hydrogen) atoms. The number of rotatable bonds is 4. The van der Waals surface area contributed by atoms with E-state index >= 15 is 0 Å². The van der Waals surface area contributed by atoms with Crippen LogP contribution in [-0.2, 0) is 15.8 Å². The van der Waals surface area contributed by atoms with Crippen LogP contribution in [-0.4, -0.2) is 62.9 Å². The van der Waals surface area contributed by atoms with Gasteiger partial charge in [0.05, 0.1) is 5.75 Å². The number of hydrogen-bond donors (Lipinski definition) is 1. The second kappa shape index (κ2) is 6.97. The number of nitrogens with one attached hydrogen (secondary N) is 1. The zero-order valence-electron chi connectivity index (χ0n) is 12.5. The van der Waals surface area contributed by atoms with Gasteiger partial charge in [-0.05, 0) is 24.1 Å². The molecule has 0 saturated carbocycles. The molecule has 0 amide bonds. The average Bonchev–Trinajstić information content (AvgIpc) is 3.01. The smallest absolute Gasteiger partial charge is 0.218 e. The lowest BCUT2D eigenvalue weighted by Crippen LogP contribution is -2.49. The van der Waals surface area contributed by atoms with E-state index < -0.39 is 10.0 Å². The van der Waals surface area contributed by atoms with Crippen molar-refractivity contribution in [2.45, 2.75) is 18.2 Å². The Balaban J connectivity index is 1.62. The van der Waals surface area contributed by atoms with Crippen LogP contribution in [0.2, 0.25) is 0 Å². The molecule has 2 aliphatic rings. The first-order valence-corrected chi connectivity index (χ1v) is 10.1. The fourth-order valence-corrected chi connectivity index (χ4v) is 5.03. The Kier molecular flexibility index (Phi) is 5.19. The maximum Gasteiger partial charge on any atom is 0.218 e. The minimum absolute atomic E-state index is 0.0918. The van der Waals surface area contributed by atoms with Gasteiger partial charge in [-0.15, -0.1) is 0 Å². The number of nitrogens with zero attached hydrogens (tertiary/aromatic N) is 2. The molecule has 0 aliphatic carbocycles. The number of benzene rings is 1. The summed E-state index contributed by atoms with van der Waals surface area (Å²) >= 11 is 3.37. The number of halogens is 1. The van der Waals surface area contributed by atoms with E-state index in [-0.39, 0.29) is 5.75 Å². The molecule has 2 heterocycles. The van der Waals surface area contributed by atoms with Gasteiger partial charge < -0.3 is 5.32 Å². The molecule has 0 radical (unpaired) electrons. The molecule has 0 bridgehead atoms. The summed E-state index contributed by atoms with van der Waals surface area (Å²) in [7, 11) is -3.22. The van der Waals surface area contributed by atoms with Crippen LogP contribution < -0.4 is 5.32 Å². The predicted octanol–water partition coefficient (Wildman–Crippen LogP) is 1.26. The lowest BCUT2D eigenvalue weighted by Gasteiger charge is -2.32. The Morgan fingerprint density at radius 1 is 1.14 bits per heavy atom. The first kappa shape index (κ1) is 16.4. The summed E-state index contributed by atoms with van der Waals surface area (Å²) in [4.78, 5) is 2.42. The Hall–Kier alpha value is -0.470. The van der Waals surface area contributed by atoms with Gasteiger partial charge in [-0.25, -0.2) is 12.7 Å². The van der Waals surface area contributed by atoms with Crippen molar-refractivity contribution in [2.75, 3.05) is 39.3 Å². The molecule has 5 nitrogen and oxygen atoms in total. The summed E-state index contributed by atoms with van der Waals surface area (Å²) in [5.41, 5.74) is 0.842. The lowest BCUT2D eigenvalue weighted by atomic mass is 10.2. The molecule has 122 valence electrons. The van der Waals surface area contributed by atoms with Crippen molar-refractivity contribution >= 4 is 26.0 Å². The molecular formula is C15H22BrN3O2S. The summed E-state index contributed by atoms with van der Waals surface area (Å²) in [5, 5.41) is 3.34. The fourth-order valence-electron chi connectivity index (χ4n) is 3.19. The summed E-state index contributed by atoms with van der Waals surface area (Å²) in [6.07, 6.45) is 0.944. The highest BCUT2D eigenvalue weighted by atomic mass is 79.9. The van der Waals surface area contributed by atoms with Gasteiger partial charge in [0.2, 0.25) is 10.0 Å². The first-order valence-electron chi connectivity index (χ1n) is 7.72. The van der Waals surface area contributed by atoms with Crippen LogP contribution in [0.15, 0.2) is 28.7 Å². The van der Waals surface area contributed by atoms with E-state index in [1.165, 1.54) is 0 Å². The van der Waals surface area contributed by atoms with Crippen molar-refractivity contribution in [1.29, 1.82) is 0 Å². The Bertz CT molecular complexity index is 600. The molecule has 1 atom stereocenters. The lowest BCUT2D eigenvalue weighted by molar-refractivity contribution is 0.179. The van der Waals surface area contributed by atoms with E-state index in [2.05, 4.69) is 26.1 Å². The van der Waals surface area contributed by atoms with Crippen molar-refractivity contribution in [3.8, 4) is 0 Å². The average molecular weight is 388 g/mol. The summed E-state index contributed by atoms with van der Waals surface area (Å²) < 4.78 is 27.8. The Labute approximate surface area is 140 Å². The second-order valence-corrected chi connectivity index (χ2v) is 8.85. The normalized spacial score (nSPS) is 24.7. The van der Waals surface area contributed by atoms with Crippen LogP contribution in [0.5, 0.6) is 0 Å². The van der Waals surface area contributed by atoms with Gasteiger partial charge in [-0.1, -0.05) is 28.1 Å². The SMILES string of the molecule is O=S(=O)(Cc1ccc(Br)cc1)N1CCC(N2CCNCC2)C1. The van der Waals surface area contributed by atoms with E-state index in [9.17, 15) is 8.42 Å². The van der Waals surface area contributed by atoms with Crippen LogP contribution in [0.1, 0.15) is 12.0 Å². The predicted molar refractivity (Wildman–Crippen MR) is 91.2 cm³/mol. The van der Waals surface area contributed by atoms with Crippen molar-refractivity contribution in [2.24, 2.45) is 0 Å². The van der Waals surface area contributed by atoms with E-state index in [4.69, 9.17) is 0 Å². The Morgan fingerprint density at radius 3 is 2.50 bits per heavy atom. The molecule has 2 aliphatic heterocycles. The van der Waals surface area contributed by atoms with Gasteiger partial charge in [-0.3, -0.25) is 4.90 Å². The first-order chi connectivity index (χ1) is 10.5. The van der Waals surface area contributed by atoms with Gasteiger partial charge in [0.25, 0.3) is 0 Å². The summed E-state index contributed by atoms with van der Waals surface area (Å²) in [5.74, 6) is 0.0918. The zero-order valence-corrected chi connectivity index (χ0v) is 14.9. The minimum Gasteiger partial charge on any atom is -0.314 e. The highest BCUT2D eigenvalue weighted by Gasteiger charge is 2.34. The van der Waals surface area contributed by atoms with Crippen LogP contribution in [0.25, 0.3) is 0 Å². The topological polar surface area (TPSA) is 52.7 Å². The maximum atomic E-state index is 12.6. The van der Waals surface area contributed by atoms with Gasteiger partial charge in [0, 0.05) is 49.8 Å². The highest BCUT2D eigenvalue weighted by molar-refractivity contribution is 9.10. The van der Waals surface area contributed by atoms with Crippen LogP contribution >= 0.6 is 15.9 Å². The molecular weight excluding hydrogens is 366 g/mol. The third-order valence-electron chi connectivity index (χ3n) is 4.45. The third kappa shape index (κ3) is 3.89. The van der Waals surface area contributed by atoms with Crippen molar-refractivity contribution < 1.29 is 8.42 Å². The molecule has 1 aromatic rings. The summed E-state index contributed by atoms with van der Waals surface area (Å²) in [6.45, 7) is 5.33. The minimum atomic E-state index is -3.22. The maximum absolute atomic E-state index is 12.6. The van der Waals surface area contributed by atoms with Gasteiger partial charge in [-0.2, -0.15) is 0 Å². The molecule has 1 N–H and O–H groups in total. The Morgan fingerprint density at radius 2 is 1.82 bits per heavy atom. The zero-order chi connectivity index (χ0) is 15.6. The standard InChI is InChI=1S/C15H22BrN3O2S/c16-14-3-1-13(2-4-14)12-22(20,21)19-8-5-15(11-19)18-9-6-17-7-10-18/h1-4,15,17H,5-12H2. The van der Waals surface area contributed by atoms with Gasteiger partial charge in [0.15, 0.2) is 0 Å². The van der Waals surface area contributed by atoms with E-state index in [0.717, 1.165) is 42.6 Å². The molecule has 0 spiro atoms. The number of piperazine rings is 1. The monoisotopic (exact) mass is 387 g/mol. The third-order valence-corrected chi connectivity index (χ3v) is 6.80. The molecule has 7 heteroatoms. The van der Waals surface area contributed by atoms with Crippen molar-refractivity contribution in [1.82, 2.24) is 14.5 Å². The quantitative estimate of drug-likeness (QED) is 0.844. The number of sulfonamides is 1. The number of hydrogen-bond acceptors (Lipinski definition) is 4. The molecule has 2 fully saturated rings. The van der Waals surface area contributed by atoms with Crippen molar-refractivity contribution in [3.63, 3.8) is 0 Å². The van der Waals surface area contributed by atoms with Crippen LogP contribution in [0.3, 0.4) is 0 Å². The largest absolute Gasteiger partial charge is 0.314 e. The molecule has 1 aromatic carbocycles. The van der Waals surface area contributed by atoms with Gasteiger partial charge >= 0.3 is 0 Å². The van der Waals surface area contributed by atoms with E-state index in [1.54, 1.807) is 4.31 Å². The van der Waals surface area contributed by atoms with E-state index in [0.29, 0.717) is 19.1 Å². The fraction of sp³-hybridized carbons (Fsp3) is 0.600. The van der Waals surface area contributed by atoms with Crippen LogP contribution in [0, 0.1) is 0 Å². The molecule has 1 unspecified atom stereocenters. The van der Waals surface area contributed by atoms with Crippen molar-refractivity contribution in [3.05, 3.63) is 34.3 Å². The molecule has 2 saturated heterocycles. The van der Waals surface area contributed by atoms with E-state index in [1.807, 2.05) is 24.3 Å². The van der Waals surface area contributed by atoms with Crippen LogP contribution in [0.4, 0.5) is 0 Å². The molecule has 0 aromatic heterocycles. The highest BCUT2D eigenvalue weighted by Crippen LogP contribution is 2.22. The molecule has 3 rings (SSSR count). The summed E-state index contributed by atoms with van der Waals surface area (Å²) in [6, 6.07) is 7.88. The second-order valence-electron chi connectivity index (χ2n) is 5.97.